The fourth-order valence-corrected chi connectivity index (χ4v) is 4.06. The van der Waals surface area contributed by atoms with E-state index in [1.165, 1.54) is 4.90 Å². The lowest BCUT2D eigenvalue weighted by molar-refractivity contribution is -0.124. The molecular formula is C25H33N3O4S. The molecule has 0 fully saturated rings. The van der Waals surface area contributed by atoms with Gasteiger partial charge in [0.05, 0.1) is 0 Å². The molecule has 0 saturated heterocycles. The fraction of sp³-hybridized carbons (Fsp3) is 0.400. The Labute approximate surface area is 198 Å². The van der Waals surface area contributed by atoms with Gasteiger partial charge in [0.2, 0.25) is 17.7 Å². The summed E-state index contributed by atoms with van der Waals surface area (Å²) in [5.41, 5.74) is 3.55. The molecule has 7 nitrogen and oxygen atoms in total. The molecule has 1 atom stereocenters. The van der Waals surface area contributed by atoms with Crippen LogP contribution < -0.4 is 15.5 Å². The summed E-state index contributed by atoms with van der Waals surface area (Å²) in [5, 5.41) is 5.54. The first-order valence-corrected chi connectivity index (χ1v) is 12.2. The summed E-state index contributed by atoms with van der Waals surface area (Å²) in [7, 11) is -1.73. The van der Waals surface area contributed by atoms with E-state index in [1.54, 1.807) is 12.1 Å². The van der Waals surface area contributed by atoms with Crippen molar-refractivity contribution < 1.29 is 18.6 Å². The molecule has 0 aromatic heterocycles. The Morgan fingerprint density at radius 3 is 2.09 bits per heavy atom. The number of amides is 3. The van der Waals surface area contributed by atoms with Gasteiger partial charge in [-0.3, -0.25) is 18.6 Å². The third kappa shape index (κ3) is 8.81. The van der Waals surface area contributed by atoms with Crippen molar-refractivity contribution in [2.45, 2.75) is 47.1 Å². The van der Waals surface area contributed by atoms with E-state index in [2.05, 4.69) is 10.6 Å². The minimum atomic E-state index is -1.73. The van der Waals surface area contributed by atoms with Crippen LogP contribution in [0.4, 0.5) is 11.4 Å². The van der Waals surface area contributed by atoms with Gasteiger partial charge in [-0.2, -0.15) is 0 Å². The highest BCUT2D eigenvalue weighted by Crippen LogP contribution is 2.22. The Bertz CT molecular complexity index is 1040. The molecule has 0 aliphatic carbocycles. The predicted octanol–water partition coefficient (Wildman–Crippen LogP) is 3.25. The van der Waals surface area contributed by atoms with Crippen molar-refractivity contribution >= 4 is 39.9 Å². The number of nitrogens with zero attached hydrogens (tertiary/aromatic N) is 1. The van der Waals surface area contributed by atoms with Crippen LogP contribution in [-0.2, 0) is 25.2 Å². The van der Waals surface area contributed by atoms with E-state index in [4.69, 9.17) is 0 Å². The van der Waals surface area contributed by atoms with Gasteiger partial charge in [0.15, 0.2) is 0 Å². The smallest absolute Gasteiger partial charge is 0.240 e. The largest absolute Gasteiger partial charge is 0.350 e. The molecule has 0 unspecified atom stereocenters. The molecule has 0 aliphatic rings. The molecule has 3 amide bonds. The van der Waals surface area contributed by atoms with E-state index in [0.717, 1.165) is 16.7 Å². The van der Waals surface area contributed by atoms with E-state index in [-0.39, 0.29) is 24.0 Å². The van der Waals surface area contributed by atoms with Crippen LogP contribution in [0.5, 0.6) is 0 Å². The van der Waals surface area contributed by atoms with Crippen LogP contribution in [0.3, 0.4) is 0 Å². The summed E-state index contributed by atoms with van der Waals surface area (Å²) in [6, 6.07) is 12.9. The molecule has 2 aromatic rings. The Balaban J connectivity index is 2.12. The first-order chi connectivity index (χ1) is 15.3. The van der Waals surface area contributed by atoms with Gasteiger partial charge < -0.3 is 15.5 Å². The maximum Gasteiger partial charge on any atom is 0.240 e. The van der Waals surface area contributed by atoms with Crippen molar-refractivity contribution in [3.05, 3.63) is 59.2 Å². The van der Waals surface area contributed by atoms with Crippen molar-refractivity contribution in [3.8, 4) is 0 Å². The lowest BCUT2D eigenvalue weighted by Crippen LogP contribution is -2.48. The lowest BCUT2D eigenvalue weighted by atomic mass is 10.1. The SMILES string of the molecule is Cc1ccc(NC(=O)C[S@@](=O)CC(=O)N(CC(=O)NC(C)(C)C)c2cc(C)ccc2C)cc1. The second-order valence-corrected chi connectivity index (χ2v) is 10.7. The van der Waals surface area contributed by atoms with Crippen LogP contribution in [0.15, 0.2) is 42.5 Å². The zero-order chi connectivity index (χ0) is 24.8. The quantitative estimate of drug-likeness (QED) is 0.618. The van der Waals surface area contributed by atoms with Crippen LogP contribution in [0, 0.1) is 20.8 Å². The fourth-order valence-electron chi connectivity index (χ4n) is 3.17. The van der Waals surface area contributed by atoms with Crippen molar-refractivity contribution in [1.82, 2.24) is 5.32 Å². The minimum Gasteiger partial charge on any atom is -0.350 e. The first kappa shape index (κ1) is 26.3. The molecule has 0 spiro atoms. The average molecular weight is 472 g/mol. The van der Waals surface area contributed by atoms with Gasteiger partial charge in [-0.05, 0) is 70.9 Å². The Kier molecular flexibility index (Phi) is 8.93. The molecule has 2 aromatic carbocycles. The van der Waals surface area contributed by atoms with Gasteiger partial charge in [0.25, 0.3) is 0 Å². The molecule has 0 bridgehead atoms. The molecule has 2 rings (SSSR count). The summed E-state index contributed by atoms with van der Waals surface area (Å²) >= 11 is 0. The Morgan fingerprint density at radius 1 is 0.879 bits per heavy atom. The van der Waals surface area contributed by atoms with Crippen LogP contribution in [0.25, 0.3) is 0 Å². The molecule has 8 heteroatoms. The third-order valence-corrected chi connectivity index (χ3v) is 5.84. The van der Waals surface area contributed by atoms with Gasteiger partial charge in [0.1, 0.15) is 18.1 Å². The van der Waals surface area contributed by atoms with Crippen LogP contribution >= 0.6 is 0 Å². The van der Waals surface area contributed by atoms with E-state index in [9.17, 15) is 18.6 Å². The molecule has 0 saturated carbocycles. The number of hydrogen-bond donors (Lipinski definition) is 2. The van der Waals surface area contributed by atoms with Gasteiger partial charge >= 0.3 is 0 Å². The lowest BCUT2D eigenvalue weighted by Gasteiger charge is -2.27. The standard InChI is InChI=1S/C25H33N3O4S/c1-17-8-11-20(12-9-17)26-23(30)15-33(32)16-24(31)28(14-22(29)27-25(4,5)6)21-13-18(2)7-10-19(21)3/h7-13H,14-16H2,1-6H3,(H,26,30)(H,27,29)/t33-/m1/s1. The highest BCUT2D eigenvalue weighted by molar-refractivity contribution is 7.86. The number of carbonyl (C=O) groups is 3. The third-order valence-electron chi connectivity index (χ3n) is 4.68. The number of rotatable bonds is 8. The Morgan fingerprint density at radius 2 is 1.48 bits per heavy atom. The van der Waals surface area contributed by atoms with E-state index in [1.807, 2.05) is 71.9 Å². The minimum absolute atomic E-state index is 0.201. The summed E-state index contributed by atoms with van der Waals surface area (Å²) in [6.45, 7) is 11.1. The molecule has 178 valence electrons. The molecule has 0 aliphatic heterocycles. The topological polar surface area (TPSA) is 95.6 Å². The van der Waals surface area contributed by atoms with Gasteiger partial charge in [-0.25, -0.2) is 0 Å². The number of benzene rings is 2. The number of hydrogen-bond acceptors (Lipinski definition) is 4. The molecular weight excluding hydrogens is 438 g/mol. The molecule has 0 heterocycles. The van der Waals surface area contributed by atoms with E-state index >= 15 is 0 Å². The number of nitrogens with one attached hydrogen (secondary N) is 2. The van der Waals surface area contributed by atoms with E-state index < -0.39 is 28.2 Å². The summed E-state index contributed by atoms with van der Waals surface area (Å²) in [4.78, 5) is 39.3. The van der Waals surface area contributed by atoms with Crippen molar-refractivity contribution in [2.24, 2.45) is 0 Å². The number of anilines is 2. The summed E-state index contributed by atoms with van der Waals surface area (Å²) < 4.78 is 12.6. The van der Waals surface area contributed by atoms with Crippen molar-refractivity contribution in [2.75, 3.05) is 28.3 Å². The number of aryl methyl sites for hydroxylation is 3. The maximum absolute atomic E-state index is 13.1. The van der Waals surface area contributed by atoms with Gasteiger partial charge in [-0.1, -0.05) is 29.8 Å². The van der Waals surface area contributed by atoms with Gasteiger partial charge in [-0.15, -0.1) is 0 Å². The van der Waals surface area contributed by atoms with Crippen molar-refractivity contribution in [3.63, 3.8) is 0 Å². The summed E-state index contributed by atoms with van der Waals surface area (Å²) in [6.07, 6.45) is 0. The second kappa shape index (κ2) is 11.2. The summed E-state index contributed by atoms with van der Waals surface area (Å²) in [5.74, 6) is -1.91. The average Bonchev–Trinajstić information content (AvgIpc) is 2.68. The Hall–Kier alpha value is -3.00. The van der Waals surface area contributed by atoms with Gasteiger partial charge in [0, 0.05) is 27.7 Å². The highest BCUT2D eigenvalue weighted by atomic mass is 32.2. The second-order valence-electron chi connectivity index (χ2n) is 9.21. The number of carbonyl (C=O) groups excluding carboxylic acids is 3. The first-order valence-electron chi connectivity index (χ1n) is 10.7. The molecule has 2 N–H and O–H groups in total. The molecule has 0 radical (unpaired) electrons. The monoisotopic (exact) mass is 471 g/mol. The van der Waals surface area contributed by atoms with Crippen molar-refractivity contribution in [1.29, 1.82) is 0 Å². The predicted molar refractivity (Wildman–Crippen MR) is 134 cm³/mol. The van der Waals surface area contributed by atoms with Crippen LogP contribution in [0.1, 0.15) is 37.5 Å². The maximum atomic E-state index is 13.1. The van der Waals surface area contributed by atoms with Crippen LogP contribution in [-0.4, -0.2) is 45.5 Å². The molecule has 33 heavy (non-hydrogen) atoms. The highest BCUT2D eigenvalue weighted by Gasteiger charge is 2.25. The van der Waals surface area contributed by atoms with Crippen LogP contribution in [0.2, 0.25) is 0 Å². The zero-order valence-corrected chi connectivity index (χ0v) is 21.0. The normalized spacial score (nSPS) is 12.1. The van der Waals surface area contributed by atoms with E-state index in [0.29, 0.717) is 11.4 Å². The zero-order valence-electron chi connectivity index (χ0n) is 20.2.